The molecule has 1 aliphatic rings. The van der Waals surface area contributed by atoms with Gasteiger partial charge in [-0.1, -0.05) is 48.5 Å². The fraction of sp³-hybridized carbons (Fsp3) is 0.130. The van der Waals surface area contributed by atoms with Crippen LogP contribution in [0, 0.1) is 0 Å². The lowest BCUT2D eigenvalue weighted by Gasteiger charge is -2.15. The van der Waals surface area contributed by atoms with E-state index in [2.05, 4.69) is 29.6 Å². The van der Waals surface area contributed by atoms with Crippen molar-refractivity contribution >= 4 is 29.5 Å². The third-order valence-electron chi connectivity index (χ3n) is 5.02. The molecule has 2 N–H and O–H groups in total. The van der Waals surface area contributed by atoms with Gasteiger partial charge in [0.1, 0.15) is 6.61 Å². The molecule has 0 bridgehead atoms. The maximum atomic E-state index is 12.3. The molecule has 146 valence electrons. The molecule has 1 aliphatic carbocycles. The Hall–Kier alpha value is -3.25. The van der Waals surface area contributed by atoms with Crippen LogP contribution in [-0.4, -0.2) is 30.0 Å². The van der Waals surface area contributed by atoms with E-state index >= 15 is 0 Å². The molecular weight excluding hydrogens is 386 g/mol. The Bertz CT molecular complexity index is 1050. The summed E-state index contributed by atoms with van der Waals surface area (Å²) in [5.74, 6) is -1.06. The maximum Gasteiger partial charge on any atom is 0.411 e. The predicted molar refractivity (Wildman–Crippen MR) is 114 cm³/mol. The number of amides is 1. The molecule has 0 spiro atoms. The summed E-state index contributed by atoms with van der Waals surface area (Å²) in [5.41, 5.74) is 5.14. The number of hydrogen-bond acceptors (Lipinski definition) is 4. The van der Waals surface area contributed by atoms with Gasteiger partial charge in [-0.3, -0.25) is 5.32 Å². The summed E-state index contributed by atoms with van der Waals surface area (Å²) in [5, 5.41) is 12.0. The number of anilines is 1. The molecule has 0 unspecified atom stereocenters. The molecule has 0 saturated carbocycles. The minimum atomic E-state index is -1.04. The molecule has 6 heteroatoms. The van der Waals surface area contributed by atoms with Crippen LogP contribution >= 0.6 is 11.8 Å². The third-order valence-corrected chi connectivity index (χ3v) is 5.82. The lowest BCUT2D eigenvalue weighted by Crippen LogP contribution is -2.18. The SMILES string of the molecule is CSc1ccc(NC(=O)OCC2c3ccccc3-c3ccccc32)cc1C(=O)O. The summed E-state index contributed by atoms with van der Waals surface area (Å²) >= 11 is 1.34. The highest BCUT2D eigenvalue weighted by Gasteiger charge is 2.29. The number of nitrogens with one attached hydrogen (secondary N) is 1. The van der Waals surface area contributed by atoms with Gasteiger partial charge in [0.2, 0.25) is 0 Å². The topological polar surface area (TPSA) is 75.6 Å². The number of thioether (sulfide) groups is 1. The van der Waals surface area contributed by atoms with E-state index in [9.17, 15) is 14.7 Å². The van der Waals surface area contributed by atoms with Gasteiger partial charge < -0.3 is 9.84 Å². The molecule has 0 heterocycles. The number of aromatic carboxylic acids is 1. The zero-order valence-corrected chi connectivity index (χ0v) is 16.5. The molecule has 0 aromatic heterocycles. The highest BCUT2D eigenvalue weighted by molar-refractivity contribution is 7.98. The number of carbonyl (C=O) groups is 2. The highest BCUT2D eigenvalue weighted by Crippen LogP contribution is 2.44. The molecule has 0 saturated heterocycles. The highest BCUT2D eigenvalue weighted by atomic mass is 32.2. The molecule has 29 heavy (non-hydrogen) atoms. The fourth-order valence-electron chi connectivity index (χ4n) is 3.71. The molecule has 0 aliphatic heterocycles. The molecule has 0 radical (unpaired) electrons. The van der Waals surface area contributed by atoms with Crippen LogP contribution in [0.2, 0.25) is 0 Å². The van der Waals surface area contributed by atoms with E-state index in [1.807, 2.05) is 24.3 Å². The van der Waals surface area contributed by atoms with Gasteiger partial charge in [0.15, 0.2) is 0 Å². The number of hydrogen-bond donors (Lipinski definition) is 2. The standard InChI is InChI=1S/C23H19NO4S/c1-29-21-11-10-14(12-19(21)22(25)26)24-23(27)28-13-20-17-8-4-2-6-15(17)16-7-3-5-9-18(16)20/h2-12,20H,13H2,1H3,(H,24,27)(H,25,26). The Kier molecular flexibility index (Phi) is 5.27. The number of rotatable bonds is 5. The first-order chi connectivity index (χ1) is 14.1. The number of carboxylic acid groups (broad SMARTS) is 1. The van der Waals surface area contributed by atoms with Gasteiger partial charge in [-0.25, -0.2) is 9.59 Å². The molecule has 0 atom stereocenters. The van der Waals surface area contributed by atoms with Crippen LogP contribution in [0.1, 0.15) is 27.4 Å². The van der Waals surface area contributed by atoms with Crippen LogP contribution in [0.3, 0.4) is 0 Å². The predicted octanol–water partition coefficient (Wildman–Crippen LogP) is 5.47. The Morgan fingerprint density at radius 3 is 2.21 bits per heavy atom. The monoisotopic (exact) mass is 405 g/mol. The van der Waals surface area contributed by atoms with Gasteiger partial charge in [0.25, 0.3) is 0 Å². The van der Waals surface area contributed by atoms with Gasteiger partial charge in [-0.05, 0) is 46.7 Å². The molecule has 0 fully saturated rings. The van der Waals surface area contributed by atoms with Crippen LogP contribution in [-0.2, 0) is 4.74 Å². The van der Waals surface area contributed by atoms with Crippen molar-refractivity contribution in [1.82, 2.24) is 0 Å². The summed E-state index contributed by atoms with van der Waals surface area (Å²) < 4.78 is 5.50. The summed E-state index contributed by atoms with van der Waals surface area (Å²) in [4.78, 5) is 24.4. The minimum Gasteiger partial charge on any atom is -0.478 e. The Morgan fingerprint density at radius 1 is 1.00 bits per heavy atom. The second-order valence-electron chi connectivity index (χ2n) is 6.67. The first-order valence-electron chi connectivity index (χ1n) is 9.12. The van der Waals surface area contributed by atoms with Crippen molar-refractivity contribution in [1.29, 1.82) is 0 Å². The largest absolute Gasteiger partial charge is 0.478 e. The van der Waals surface area contributed by atoms with Gasteiger partial charge in [-0.2, -0.15) is 0 Å². The number of benzene rings is 3. The van der Waals surface area contributed by atoms with E-state index in [0.29, 0.717) is 10.6 Å². The van der Waals surface area contributed by atoms with Gasteiger partial charge in [0.05, 0.1) is 5.56 Å². The van der Waals surface area contributed by atoms with Crippen molar-refractivity contribution in [2.75, 3.05) is 18.2 Å². The molecule has 3 aromatic carbocycles. The lowest BCUT2D eigenvalue weighted by molar-refractivity contribution is 0.0693. The van der Waals surface area contributed by atoms with Crippen LogP contribution in [0.5, 0.6) is 0 Å². The average molecular weight is 405 g/mol. The molecule has 1 amide bonds. The third kappa shape index (κ3) is 3.71. The van der Waals surface area contributed by atoms with Crippen molar-refractivity contribution in [3.05, 3.63) is 83.4 Å². The van der Waals surface area contributed by atoms with Crippen molar-refractivity contribution in [2.24, 2.45) is 0 Å². The lowest BCUT2D eigenvalue weighted by atomic mass is 9.98. The molecular formula is C23H19NO4S. The first-order valence-corrected chi connectivity index (χ1v) is 10.3. The van der Waals surface area contributed by atoms with Crippen LogP contribution in [0.4, 0.5) is 10.5 Å². The zero-order chi connectivity index (χ0) is 20.4. The van der Waals surface area contributed by atoms with E-state index in [-0.39, 0.29) is 18.1 Å². The van der Waals surface area contributed by atoms with Crippen LogP contribution in [0.15, 0.2) is 71.6 Å². The van der Waals surface area contributed by atoms with E-state index in [1.165, 1.54) is 17.8 Å². The molecule has 3 aromatic rings. The van der Waals surface area contributed by atoms with Crippen molar-refractivity contribution in [3.8, 4) is 11.1 Å². The minimum absolute atomic E-state index is 0.0263. The summed E-state index contributed by atoms with van der Waals surface area (Å²) in [6, 6.07) is 21.0. The second kappa shape index (κ2) is 8.01. The Balaban J connectivity index is 1.48. The van der Waals surface area contributed by atoms with Crippen molar-refractivity contribution < 1.29 is 19.4 Å². The number of fused-ring (bicyclic) bond motifs is 3. The van der Waals surface area contributed by atoms with E-state index in [1.54, 1.807) is 18.4 Å². The number of carboxylic acids is 1. The first kappa shape index (κ1) is 19.1. The maximum absolute atomic E-state index is 12.3. The Labute approximate surface area is 172 Å². The molecule has 5 nitrogen and oxygen atoms in total. The fourth-order valence-corrected chi connectivity index (χ4v) is 4.28. The average Bonchev–Trinajstić information content (AvgIpc) is 3.06. The van der Waals surface area contributed by atoms with Crippen LogP contribution in [0.25, 0.3) is 11.1 Å². The van der Waals surface area contributed by atoms with E-state index < -0.39 is 12.1 Å². The number of carbonyl (C=O) groups excluding carboxylic acids is 1. The Morgan fingerprint density at radius 2 is 1.62 bits per heavy atom. The number of ether oxygens (including phenoxy) is 1. The van der Waals surface area contributed by atoms with Gasteiger partial charge >= 0.3 is 12.1 Å². The van der Waals surface area contributed by atoms with Crippen LogP contribution < -0.4 is 5.32 Å². The zero-order valence-electron chi connectivity index (χ0n) is 15.7. The quantitative estimate of drug-likeness (QED) is 0.551. The summed E-state index contributed by atoms with van der Waals surface area (Å²) in [6.07, 6.45) is 1.19. The van der Waals surface area contributed by atoms with Crippen molar-refractivity contribution in [2.45, 2.75) is 10.8 Å². The smallest absolute Gasteiger partial charge is 0.411 e. The van der Waals surface area contributed by atoms with E-state index in [0.717, 1.165) is 22.3 Å². The summed E-state index contributed by atoms with van der Waals surface area (Å²) in [6.45, 7) is 0.203. The normalized spacial score (nSPS) is 12.2. The van der Waals surface area contributed by atoms with Gasteiger partial charge in [-0.15, -0.1) is 11.8 Å². The van der Waals surface area contributed by atoms with Gasteiger partial charge in [0, 0.05) is 16.5 Å². The molecule has 4 rings (SSSR count). The van der Waals surface area contributed by atoms with E-state index in [4.69, 9.17) is 4.74 Å². The second-order valence-corrected chi connectivity index (χ2v) is 7.52. The van der Waals surface area contributed by atoms with Crippen molar-refractivity contribution in [3.63, 3.8) is 0 Å². The summed E-state index contributed by atoms with van der Waals surface area (Å²) in [7, 11) is 0.